The van der Waals surface area contributed by atoms with E-state index in [9.17, 15) is 18.0 Å². The van der Waals surface area contributed by atoms with E-state index in [1.54, 1.807) is 0 Å². The van der Waals surface area contributed by atoms with Gasteiger partial charge in [0.25, 0.3) is 0 Å². The molecule has 0 spiro atoms. The van der Waals surface area contributed by atoms with Crippen molar-refractivity contribution in [3.8, 4) is 0 Å². The Morgan fingerprint density at radius 2 is 2.14 bits per heavy atom. The minimum atomic E-state index is -3.13. The van der Waals surface area contributed by atoms with Crippen molar-refractivity contribution in [2.75, 3.05) is 44.2 Å². The van der Waals surface area contributed by atoms with Crippen LogP contribution in [0.25, 0.3) is 0 Å². The zero-order valence-electron chi connectivity index (χ0n) is 12.0. The molecule has 1 rings (SSSR count). The summed E-state index contributed by atoms with van der Waals surface area (Å²) in [6, 6.07) is -0.462. The number of methoxy groups -OCH3 is 1. The Bertz CT molecular complexity index is 468. The standard InChI is InChI=1S/C12H21ClN2O5S/c1-20-7-6-15(10-3-8-21(18,19)9-10)12(17)11(16)14-5-2-4-13/h10H,2-9H2,1H3,(H,14,16). The second kappa shape index (κ2) is 8.55. The van der Waals surface area contributed by atoms with Crippen molar-refractivity contribution in [3.63, 3.8) is 0 Å². The number of alkyl halides is 1. The lowest BCUT2D eigenvalue weighted by Crippen LogP contribution is -2.49. The summed E-state index contributed by atoms with van der Waals surface area (Å²) >= 11 is 5.50. The molecule has 2 amide bonds. The van der Waals surface area contributed by atoms with Crippen molar-refractivity contribution in [3.05, 3.63) is 0 Å². The Kier molecular flexibility index (Phi) is 7.41. The summed E-state index contributed by atoms with van der Waals surface area (Å²) < 4.78 is 28.0. The molecule has 0 saturated carbocycles. The predicted octanol–water partition coefficient (Wildman–Crippen LogP) is -0.606. The molecule has 0 aromatic rings. The predicted molar refractivity (Wildman–Crippen MR) is 79.0 cm³/mol. The highest BCUT2D eigenvalue weighted by Gasteiger charge is 2.36. The van der Waals surface area contributed by atoms with Gasteiger partial charge >= 0.3 is 11.8 Å². The van der Waals surface area contributed by atoms with Crippen molar-refractivity contribution >= 4 is 33.3 Å². The van der Waals surface area contributed by atoms with Crippen LogP contribution in [0.5, 0.6) is 0 Å². The van der Waals surface area contributed by atoms with Crippen LogP contribution in [0.1, 0.15) is 12.8 Å². The van der Waals surface area contributed by atoms with E-state index in [1.807, 2.05) is 0 Å². The number of carbonyl (C=O) groups is 2. The van der Waals surface area contributed by atoms with Crippen LogP contribution in [-0.2, 0) is 24.2 Å². The minimum absolute atomic E-state index is 0.0439. The number of sulfone groups is 1. The molecule has 0 aromatic carbocycles. The summed E-state index contributed by atoms with van der Waals surface area (Å²) in [5.74, 6) is -1.12. The van der Waals surface area contributed by atoms with E-state index < -0.39 is 27.7 Å². The summed E-state index contributed by atoms with van der Waals surface area (Å²) in [4.78, 5) is 25.3. The first kappa shape index (κ1) is 18.2. The zero-order valence-corrected chi connectivity index (χ0v) is 13.6. The third-order valence-corrected chi connectivity index (χ3v) is 5.25. The largest absolute Gasteiger partial charge is 0.383 e. The van der Waals surface area contributed by atoms with Gasteiger partial charge in [0.15, 0.2) is 9.84 Å². The smallest absolute Gasteiger partial charge is 0.312 e. The molecular weight excluding hydrogens is 320 g/mol. The Balaban J connectivity index is 2.68. The van der Waals surface area contributed by atoms with Crippen molar-refractivity contribution in [1.29, 1.82) is 0 Å². The number of nitrogens with one attached hydrogen (secondary N) is 1. The van der Waals surface area contributed by atoms with Gasteiger partial charge in [0, 0.05) is 32.1 Å². The highest BCUT2D eigenvalue weighted by atomic mass is 35.5. The average Bonchev–Trinajstić information content (AvgIpc) is 2.79. The Labute approximate surface area is 129 Å². The van der Waals surface area contributed by atoms with Crippen molar-refractivity contribution in [2.45, 2.75) is 18.9 Å². The van der Waals surface area contributed by atoms with Crippen LogP contribution in [0.2, 0.25) is 0 Å². The maximum atomic E-state index is 12.2. The van der Waals surface area contributed by atoms with Crippen LogP contribution in [0.15, 0.2) is 0 Å². The molecule has 1 unspecified atom stereocenters. The van der Waals surface area contributed by atoms with Crippen molar-refractivity contribution in [2.24, 2.45) is 0 Å². The maximum Gasteiger partial charge on any atom is 0.312 e. The first-order valence-electron chi connectivity index (χ1n) is 6.75. The van der Waals surface area contributed by atoms with Gasteiger partial charge in [0.2, 0.25) is 0 Å². The summed E-state index contributed by atoms with van der Waals surface area (Å²) in [6.07, 6.45) is 0.920. The number of ether oxygens (including phenoxy) is 1. The van der Waals surface area contributed by atoms with Crippen LogP contribution in [-0.4, -0.2) is 75.4 Å². The molecule has 0 aromatic heterocycles. The summed E-state index contributed by atoms with van der Waals surface area (Å²) in [7, 11) is -1.65. The van der Waals surface area contributed by atoms with Crippen LogP contribution in [0.3, 0.4) is 0 Å². The van der Waals surface area contributed by atoms with E-state index in [4.69, 9.17) is 16.3 Å². The fourth-order valence-corrected chi connectivity index (χ4v) is 4.00. The first-order chi connectivity index (χ1) is 9.91. The van der Waals surface area contributed by atoms with Crippen LogP contribution in [0, 0.1) is 0 Å². The topological polar surface area (TPSA) is 92.8 Å². The minimum Gasteiger partial charge on any atom is -0.383 e. The molecule has 1 aliphatic heterocycles. The van der Waals surface area contributed by atoms with Gasteiger partial charge in [-0.05, 0) is 12.8 Å². The van der Waals surface area contributed by atoms with E-state index in [0.717, 1.165) is 0 Å². The third-order valence-electron chi connectivity index (χ3n) is 3.24. The maximum absolute atomic E-state index is 12.2. The monoisotopic (exact) mass is 340 g/mol. The summed E-state index contributed by atoms with van der Waals surface area (Å²) in [5.41, 5.74) is 0. The van der Waals surface area contributed by atoms with Crippen molar-refractivity contribution in [1.82, 2.24) is 10.2 Å². The Morgan fingerprint density at radius 1 is 1.43 bits per heavy atom. The summed E-state index contributed by atoms with van der Waals surface area (Å²) in [5, 5.41) is 2.48. The van der Waals surface area contributed by atoms with Gasteiger partial charge in [-0.25, -0.2) is 8.42 Å². The number of hydrogen-bond acceptors (Lipinski definition) is 5. The van der Waals surface area contributed by atoms with Gasteiger partial charge in [-0.3, -0.25) is 9.59 Å². The van der Waals surface area contributed by atoms with E-state index in [1.165, 1.54) is 12.0 Å². The molecule has 0 aliphatic carbocycles. The number of carbonyl (C=O) groups excluding carboxylic acids is 2. The molecule has 1 N–H and O–H groups in total. The summed E-state index contributed by atoms with van der Waals surface area (Å²) in [6.45, 7) is 0.755. The van der Waals surface area contributed by atoms with Crippen LogP contribution < -0.4 is 5.32 Å². The Morgan fingerprint density at radius 3 is 2.67 bits per heavy atom. The van der Waals surface area contributed by atoms with Gasteiger partial charge < -0.3 is 15.0 Å². The van der Waals surface area contributed by atoms with Gasteiger partial charge in [-0.15, -0.1) is 11.6 Å². The lowest BCUT2D eigenvalue weighted by molar-refractivity contribution is -0.147. The lowest BCUT2D eigenvalue weighted by Gasteiger charge is -2.27. The number of halogens is 1. The molecule has 7 nitrogen and oxygen atoms in total. The quantitative estimate of drug-likeness (QED) is 0.379. The van der Waals surface area contributed by atoms with E-state index in [2.05, 4.69) is 5.32 Å². The molecule has 122 valence electrons. The Hall–Kier alpha value is -0.860. The fraction of sp³-hybridized carbons (Fsp3) is 0.833. The van der Waals surface area contributed by atoms with E-state index in [0.29, 0.717) is 25.3 Å². The van der Waals surface area contributed by atoms with Crippen molar-refractivity contribution < 1.29 is 22.7 Å². The SMILES string of the molecule is COCCN(C(=O)C(=O)NCCCCl)C1CCS(=O)(=O)C1. The molecule has 1 saturated heterocycles. The molecule has 9 heteroatoms. The molecule has 1 heterocycles. The molecule has 1 atom stereocenters. The first-order valence-corrected chi connectivity index (χ1v) is 9.11. The van der Waals surface area contributed by atoms with Crippen LogP contribution in [0.4, 0.5) is 0 Å². The third kappa shape index (κ3) is 5.80. The molecule has 0 bridgehead atoms. The average molecular weight is 341 g/mol. The fourth-order valence-electron chi connectivity index (χ4n) is 2.14. The molecular formula is C12H21ClN2O5S. The van der Waals surface area contributed by atoms with Crippen LogP contribution >= 0.6 is 11.6 Å². The highest BCUT2D eigenvalue weighted by Crippen LogP contribution is 2.17. The molecule has 1 aliphatic rings. The number of amides is 2. The second-order valence-corrected chi connectivity index (χ2v) is 7.45. The van der Waals surface area contributed by atoms with Gasteiger partial charge in [-0.1, -0.05) is 0 Å². The normalized spacial score (nSPS) is 20.2. The lowest BCUT2D eigenvalue weighted by atomic mass is 10.2. The van der Waals surface area contributed by atoms with E-state index >= 15 is 0 Å². The van der Waals surface area contributed by atoms with Gasteiger partial charge in [-0.2, -0.15) is 0 Å². The number of hydrogen-bond donors (Lipinski definition) is 1. The molecule has 1 fully saturated rings. The van der Waals surface area contributed by atoms with Gasteiger partial charge in [0.1, 0.15) is 0 Å². The number of rotatable bonds is 7. The van der Waals surface area contributed by atoms with Gasteiger partial charge in [0.05, 0.1) is 18.1 Å². The van der Waals surface area contributed by atoms with E-state index in [-0.39, 0.29) is 24.7 Å². The molecule has 0 radical (unpaired) electrons. The zero-order chi connectivity index (χ0) is 15.9. The molecule has 21 heavy (non-hydrogen) atoms. The highest BCUT2D eigenvalue weighted by molar-refractivity contribution is 7.91. The second-order valence-electron chi connectivity index (χ2n) is 4.85. The number of nitrogens with zero attached hydrogens (tertiary/aromatic N) is 1.